The molecule has 20 heavy (non-hydrogen) atoms. The number of furan rings is 1. The van der Waals surface area contributed by atoms with Gasteiger partial charge >= 0.3 is 0 Å². The minimum Gasteiger partial charge on any atom is -0.468 e. The number of hydrogen-bond donors (Lipinski definition) is 1. The van der Waals surface area contributed by atoms with Crippen LogP contribution in [0.1, 0.15) is 23.8 Å². The third kappa shape index (κ3) is 3.65. The number of halogens is 1. The predicted molar refractivity (Wildman–Crippen MR) is 80.8 cm³/mol. The van der Waals surface area contributed by atoms with E-state index in [0.29, 0.717) is 13.1 Å². The Balaban J connectivity index is 2.18. The fourth-order valence-electron chi connectivity index (χ4n) is 2.08. The van der Waals surface area contributed by atoms with Crippen molar-refractivity contribution in [1.82, 2.24) is 4.90 Å². The minimum atomic E-state index is -0.283. The van der Waals surface area contributed by atoms with Crippen molar-refractivity contribution in [3.63, 3.8) is 0 Å². The van der Waals surface area contributed by atoms with Crippen molar-refractivity contribution in [2.45, 2.75) is 20.0 Å². The first-order valence-electron chi connectivity index (χ1n) is 6.43. The maximum absolute atomic E-state index is 13.4. The van der Waals surface area contributed by atoms with Gasteiger partial charge in [-0.05, 0) is 42.4 Å². The smallest absolute Gasteiger partial charge is 0.123 e. The minimum absolute atomic E-state index is 0.283. The molecule has 0 bridgehead atoms. The van der Waals surface area contributed by atoms with Crippen LogP contribution in [-0.4, -0.2) is 16.4 Å². The molecule has 2 aromatic rings. The Labute approximate surface area is 123 Å². The van der Waals surface area contributed by atoms with Crippen LogP contribution in [0.2, 0.25) is 0 Å². The van der Waals surface area contributed by atoms with Crippen LogP contribution >= 0.6 is 12.2 Å². The Bertz CT molecular complexity index is 584. The van der Waals surface area contributed by atoms with E-state index < -0.39 is 0 Å². The highest BCUT2D eigenvalue weighted by Crippen LogP contribution is 2.16. The summed E-state index contributed by atoms with van der Waals surface area (Å²) in [5.41, 5.74) is 7.21. The van der Waals surface area contributed by atoms with Gasteiger partial charge in [0.15, 0.2) is 0 Å². The second-order valence-electron chi connectivity index (χ2n) is 4.55. The number of benzene rings is 1. The normalized spacial score (nSPS) is 10.9. The van der Waals surface area contributed by atoms with E-state index in [1.165, 1.54) is 12.1 Å². The zero-order valence-electron chi connectivity index (χ0n) is 11.3. The van der Waals surface area contributed by atoms with Crippen LogP contribution in [0.15, 0.2) is 41.0 Å². The molecule has 0 aliphatic carbocycles. The van der Waals surface area contributed by atoms with Gasteiger partial charge in [0, 0.05) is 12.1 Å². The average Bonchev–Trinajstić information content (AvgIpc) is 2.90. The van der Waals surface area contributed by atoms with Crippen LogP contribution in [0, 0.1) is 5.82 Å². The molecule has 0 aliphatic rings. The summed E-state index contributed by atoms with van der Waals surface area (Å²) in [5, 5.41) is 0. The lowest BCUT2D eigenvalue weighted by Crippen LogP contribution is -2.24. The van der Waals surface area contributed by atoms with E-state index >= 15 is 0 Å². The fraction of sp³-hybridized carbons (Fsp3) is 0.267. The molecule has 0 unspecified atom stereocenters. The quantitative estimate of drug-likeness (QED) is 0.831. The average molecular weight is 292 g/mol. The third-order valence-corrected chi connectivity index (χ3v) is 3.35. The predicted octanol–water partition coefficient (Wildman–Crippen LogP) is 3.08. The molecule has 1 aromatic carbocycles. The largest absolute Gasteiger partial charge is 0.468 e. The van der Waals surface area contributed by atoms with Gasteiger partial charge in [-0.25, -0.2) is 4.39 Å². The molecule has 0 saturated carbocycles. The molecule has 2 N–H and O–H groups in total. The monoisotopic (exact) mass is 292 g/mol. The number of rotatable bonds is 6. The van der Waals surface area contributed by atoms with Crippen LogP contribution < -0.4 is 5.73 Å². The lowest BCUT2D eigenvalue weighted by atomic mass is 10.1. The van der Waals surface area contributed by atoms with E-state index in [9.17, 15) is 4.39 Å². The first-order valence-corrected chi connectivity index (χ1v) is 6.84. The highest BCUT2D eigenvalue weighted by atomic mass is 32.1. The van der Waals surface area contributed by atoms with Crippen LogP contribution in [-0.2, 0) is 13.1 Å². The van der Waals surface area contributed by atoms with Crippen molar-refractivity contribution < 1.29 is 8.81 Å². The maximum Gasteiger partial charge on any atom is 0.123 e. The summed E-state index contributed by atoms with van der Waals surface area (Å²) >= 11 is 5.02. The van der Waals surface area contributed by atoms with Gasteiger partial charge in [0.05, 0.1) is 12.8 Å². The summed E-state index contributed by atoms with van der Waals surface area (Å²) in [5.74, 6) is 0.592. The van der Waals surface area contributed by atoms with Crippen LogP contribution in [0.3, 0.4) is 0 Å². The zero-order valence-corrected chi connectivity index (χ0v) is 12.1. The van der Waals surface area contributed by atoms with Gasteiger partial charge in [-0.2, -0.15) is 0 Å². The maximum atomic E-state index is 13.4. The lowest BCUT2D eigenvalue weighted by Gasteiger charge is -2.20. The second kappa shape index (κ2) is 6.63. The molecule has 0 fully saturated rings. The van der Waals surface area contributed by atoms with E-state index in [2.05, 4.69) is 4.90 Å². The van der Waals surface area contributed by atoms with E-state index in [-0.39, 0.29) is 10.8 Å². The molecule has 3 nitrogen and oxygen atoms in total. The SMILES string of the molecule is CCN(Cc1ccco1)Cc1cc(F)ccc1C(N)=S. The van der Waals surface area contributed by atoms with Gasteiger partial charge in [-0.3, -0.25) is 4.90 Å². The summed E-state index contributed by atoms with van der Waals surface area (Å²) in [7, 11) is 0. The highest BCUT2D eigenvalue weighted by molar-refractivity contribution is 7.80. The van der Waals surface area contributed by atoms with Crippen LogP contribution in [0.25, 0.3) is 0 Å². The first kappa shape index (κ1) is 14.7. The first-order chi connectivity index (χ1) is 9.60. The van der Waals surface area contributed by atoms with E-state index in [1.54, 1.807) is 12.3 Å². The van der Waals surface area contributed by atoms with Gasteiger partial charge in [0.25, 0.3) is 0 Å². The standard InChI is InChI=1S/C15H17FN2OS/c1-2-18(10-13-4-3-7-19-13)9-11-8-12(16)5-6-14(11)15(17)20/h3-8H,2,9-10H2,1H3,(H2,17,20). The molecular weight excluding hydrogens is 275 g/mol. The lowest BCUT2D eigenvalue weighted by molar-refractivity contribution is 0.247. The van der Waals surface area contributed by atoms with E-state index in [1.807, 2.05) is 19.1 Å². The van der Waals surface area contributed by atoms with E-state index in [4.69, 9.17) is 22.4 Å². The Kier molecular flexibility index (Phi) is 4.87. The molecule has 0 aliphatic heterocycles. The molecule has 0 spiro atoms. The third-order valence-electron chi connectivity index (χ3n) is 3.13. The molecule has 1 aromatic heterocycles. The zero-order chi connectivity index (χ0) is 14.5. The number of hydrogen-bond acceptors (Lipinski definition) is 3. The van der Waals surface area contributed by atoms with Crippen molar-refractivity contribution in [2.24, 2.45) is 5.73 Å². The van der Waals surface area contributed by atoms with Gasteiger partial charge in [-0.15, -0.1) is 0 Å². The van der Waals surface area contributed by atoms with Gasteiger partial charge < -0.3 is 10.2 Å². The molecule has 5 heteroatoms. The van der Waals surface area contributed by atoms with E-state index in [0.717, 1.165) is 23.4 Å². The molecule has 1 heterocycles. The molecule has 0 radical (unpaired) electrons. The van der Waals surface area contributed by atoms with Gasteiger partial charge in [0.1, 0.15) is 16.6 Å². The highest BCUT2D eigenvalue weighted by Gasteiger charge is 2.12. The van der Waals surface area contributed by atoms with Crippen molar-refractivity contribution in [3.05, 3.63) is 59.3 Å². The molecule has 0 amide bonds. The van der Waals surface area contributed by atoms with Crippen molar-refractivity contribution >= 4 is 17.2 Å². The molecule has 0 atom stereocenters. The Morgan fingerprint density at radius 3 is 2.75 bits per heavy atom. The summed E-state index contributed by atoms with van der Waals surface area (Å²) in [6.07, 6.45) is 1.64. The molecular formula is C15H17FN2OS. The van der Waals surface area contributed by atoms with Crippen molar-refractivity contribution in [1.29, 1.82) is 0 Å². The second-order valence-corrected chi connectivity index (χ2v) is 4.99. The summed E-state index contributed by atoms with van der Waals surface area (Å²) in [4.78, 5) is 2.42. The topological polar surface area (TPSA) is 42.4 Å². The molecule has 106 valence electrons. The van der Waals surface area contributed by atoms with Crippen LogP contribution in [0.4, 0.5) is 4.39 Å². The van der Waals surface area contributed by atoms with Gasteiger partial charge in [-0.1, -0.05) is 19.1 Å². The molecule has 0 saturated heterocycles. The number of thiocarbonyl (C=S) groups is 1. The Morgan fingerprint density at radius 2 is 2.15 bits per heavy atom. The van der Waals surface area contributed by atoms with Gasteiger partial charge in [0.2, 0.25) is 0 Å². The summed E-state index contributed by atoms with van der Waals surface area (Å²) in [6.45, 7) is 4.09. The fourth-order valence-corrected chi connectivity index (χ4v) is 2.28. The number of nitrogens with two attached hydrogens (primary N) is 1. The van der Waals surface area contributed by atoms with Crippen molar-refractivity contribution in [2.75, 3.05) is 6.54 Å². The summed E-state index contributed by atoms with van der Waals surface area (Å²) in [6, 6.07) is 8.27. The van der Waals surface area contributed by atoms with Crippen LogP contribution in [0.5, 0.6) is 0 Å². The summed E-state index contributed by atoms with van der Waals surface area (Å²) < 4.78 is 18.8. The Hall–Kier alpha value is -1.72. The Morgan fingerprint density at radius 1 is 1.35 bits per heavy atom. The number of nitrogens with zero attached hydrogens (tertiary/aromatic N) is 1. The van der Waals surface area contributed by atoms with Crippen molar-refractivity contribution in [3.8, 4) is 0 Å². The molecule has 2 rings (SSSR count).